The molecule has 0 bridgehead atoms. The molecule has 0 unspecified atom stereocenters. The number of anilines is 2. The Kier molecular flexibility index (Phi) is 4.53. The van der Waals surface area contributed by atoms with Crippen LogP contribution < -0.4 is 11.1 Å². The van der Waals surface area contributed by atoms with Crippen molar-refractivity contribution in [3.63, 3.8) is 0 Å². The van der Waals surface area contributed by atoms with Gasteiger partial charge in [0.15, 0.2) is 0 Å². The van der Waals surface area contributed by atoms with Gasteiger partial charge < -0.3 is 11.1 Å². The van der Waals surface area contributed by atoms with Gasteiger partial charge in [0, 0.05) is 11.8 Å². The SMILES string of the molecule is Cc1cc(NC(=O)/C=C/c2cccc(N)c2)cnc1Br. The van der Waals surface area contributed by atoms with Crippen molar-refractivity contribution in [3.8, 4) is 0 Å². The molecule has 0 radical (unpaired) electrons. The Morgan fingerprint density at radius 1 is 1.40 bits per heavy atom. The third-order valence-corrected chi connectivity index (χ3v) is 3.45. The lowest BCUT2D eigenvalue weighted by molar-refractivity contribution is -0.111. The zero-order valence-electron chi connectivity index (χ0n) is 10.9. The lowest BCUT2D eigenvalue weighted by atomic mass is 10.2. The van der Waals surface area contributed by atoms with Crippen LogP contribution in [0.25, 0.3) is 6.08 Å². The fourth-order valence-electron chi connectivity index (χ4n) is 1.64. The van der Waals surface area contributed by atoms with Crippen LogP contribution in [0.15, 0.2) is 47.2 Å². The van der Waals surface area contributed by atoms with Crippen LogP contribution in [0.4, 0.5) is 11.4 Å². The zero-order valence-corrected chi connectivity index (χ0v) is 12.5. The van der Waals surface area contributed by atoms with E-state index in [1.165, 1.54) is 6.08 Å². The number of amides is 1. The van der Waals surface area contributed by atoms with Gasteiger partial charge in [-0.3, -0.25) is 4.79 Å². The second kappa shape index (κ2) is 6.34. The van der Waals surface area contributed by atoms with Crippen molar-refractivity contribution in [1.29, 1.82) is 0 Å². The van der Waals surface area contributed by atoms with Gasteiger partial charge in [0.25, 0.3) is 0 Å². The van der Waals surface area contributed by atoms with Crippen molar-refractivity contribution in [2.24, 2.45) is 0 Å². The maximum absolute atomic E-state index is 11.8. The van der Waals surface area contributed by atoms with Crippen molar-refractivity contribution >= 4 is 39.3 Å². The molecular formula is C15H14BrN3O. The molecule has 0 saturated heterocycles. The highest BCUT2D eigenvalue weighted by Crippen LogP contribution is 2.16. The monoisotopic (exact) mass is 331 g/mol. The molecule has 1 amide bonds. The average molecular weight is 332 g/mol. The Morgan fingerprint density at radius 3 is 2.90 bits per heavy atom. The number of nitrogens with two attached hydrogens (primary N) is 1. The van der Waals surface area contributed by atoms with E-state index in [0.717, 1.165) is 15.7 Å². The lowest BCUT2D eigenvalue weighted by Gasteiger charge is -2.04. The smallest absolute Gasteiger partial charge is 0.248 e. The van der Waals surface area contributed by atoms with Gasteiger partial charge in [-0.05, 0) is 58.3 Å². The Bertz CT molecular complexity index is 668. The number of rotatable bonds is 3. The first-order chi connectivity index (χ1) is 9.54. The Labute approximate surface area is 125 Å². The van der Waals surface area contributed by atoms with Crippen LogP contribution in [0.2, 0.25) is 0 Å². The molecular weight excluding hydrogens is 318 g/mol. The summed E-state index contributed by atoms with van der Waals surface area (Å²) in [5.74, 6) is -0.212. The first kappa shape index (κ1) is 14.3. The molecule has 0 aliphatic heterocycles. The molecule has 1 aromatic carbocycles. The summed E-state index contributed by atoms with van der Waals surface area (Å²) in [7, 11) is 0. The average Bonchev–Trinajstić information content (AvgIpc) is 2.41. The summed E-state index contributed by atoms with van der Waals surface area (Å²) < 4.78 is 0.769. The van der Waals surface area contributed by atoms with Crippen LogP contribution in [0.3, 0.4) is 0 Å². The maximum atomic E-state index is 11.8. The van der Waals surface area contributed by atoms with E-state index >= 15 is 0 Å². The van der Waals surface area contributed by atoms with Crippen molar-refractivity contribution in [3.05, 3.63) is 58.3 Å². The van der Waals surface area contributed by atoms with Gasteiger partial charge in [0.05, 0.1) is 11.9 Å². The number of pyridine rings is 1. The largest absolute Gasteiger partial charge is 0.399 e. The number of hydrogen-bond donors (Lipinski definition) is 2. The van der Waals surface area contributed by atoms with Crippen LogP contribution in [0.5, 0.6) is 0 Å². The van der Waals surface area contributed by atoms with Gasteiger partial charge in [0.2, 0.25) is 5.91 Å². The van der Waals surface area contributed by atoms with E-state index in [9.17, 15) is 4.79 Å². The molecule has 0 spiro atoms. The molecule has 0 atom stereocenters. The number of carbonyl (C=O) groups is 1. The van der Waals surface area contributed by atoms with Gasteiger partial charge in [0.1, 0.15) is 4.60 Å². The molecule has 0 saturated carbocycles. The first-order valence-corrected chi connectivity index (χ1v) is 6.80. The minimum absolute atomic E-state index is 0.212. The molecule has 2 aromatic rings. The van der Waals surface area contributed by atoms with Crippen LogP contribution >= 0.6 is 15.9 Å². The quantitative estimate of drug-likeness (QED) is 0.514. The standard InChI is InChI=1S/C15H14BrN3O/c1-10-7-13(9-18-15(10)16)19-14(20)6-5-11-3-2-4-12(17)8-11/h2-9H,17H2,1H3,(H,19,20)/b6-5+. The van der Waals surface area contributed by atoms with Crippen LogP contribution in [0, 0.1) is 6.92 Å². The van der Waals surface area contributed by atoms with E-state index in [0.29, 0.717) is 11.4 Å². The summed E-state index contributed by atoms with van der Waals surface area (Å²) in [5.41, 5.74) is 8.84. The van der Waals surface area contributed by atoms with Crippen LogP contribution in [0.1, 0.15) is 11.1 Å². The van der Waals surface area contributed by atoms with Crippen LogP contribution in [-0.2, 0) is 4.79 Å². The maximum Gasteiger partial charge on any atom is 0.248 e. The third-order valence-electron chi connectivity index (χ3n) is 2.62. The molecule has 1 aromatic heterocycles. The summed E-state index contributed by atoms with van der Waals surface area (Å²) in [6.07, 6.45) is 4.78. The Hall–Kier alpha value is -2.14. The molecule has 20 heavy (non-hydrogen) atoms. The molecule has 3 N–H and O–H groups in total. The molecule has 2 rings (SSSR count). The molecule has 0 aliphatic rings. The molecule has 102 valence electrons. The van der Waals surface area contributed by atoms with Gasteiger partial charge in [-0.15, -0.1) is 0 Å². The number of carbonyl (C=O) groups excluding carboxylic acids is 1. The summed E-state index contributed by atoms with van der Waals surface area (Å²) in [5, 5.41) is 2.75. The van der Waals surface area contributed by atoms with Gasteiger partial charge in [-0.1, -0.05) is 12.1 Å². The molecule has 1 heterocycles. The highest BCUT2D eigenvalue weighted by atomic mass is 79.9. The summed E-state index contributed by atoms with van der Waals surface area (Å²) in [4.78, 5) is 15.9. The number of halogens is 1. The van der Waals surface area contributed by atoms with Crippen LogP contribution in [-0.4, -0.2) is 10.9 Å². The summed E-state index contributed by atoms with van der Waals surface area (Å²) in [6.45, 7) is 1.91. The minimum Gasteiger partial charge on any atom is -0.399 e. The second-order valence-electron chi connectivity index (χ2n) is 4.32. The van der Waals surface area contributed by atoms with Gasteiger partial charge in [-0.25, -0.2) is 4.98 Å². The summed E-state index contributed by atoms with van der Waals surface area (Å²) >= 11 is 3.31. The molecule has 4 nitrogen and oxygen atoms in total. The number of benzene rings is 1. The number of nitrogens with one attached hydrogen (secondary N) is 1. The third kappa shape index (κ3) is 3.93. The highest BCUT2D eigenvalue weighted by Gasteiger charge is 2.01. The lowest BCUT2D eigenvalue weighted by Crippen LogP contribution is -2.08. The fourth-order valence-corrected chi connectivity index (χ4v) is 1.86. The van der Waals surface area contributed by atoms with Gasteiger partial charge in [-0.2, -0.15) is 0 Å². The normalized spacial score (nSPS) is 10.7. The van der Waals surface area contributed by atoms with E-state index in [4.69, 9.17) is 5.73 Å². The van der Waals surface area contributed by atoms with E-state index in [2.05, 4.69) is 26.2 Å². The first-order valence-electron chi connectivity index (χ1n) is 6.01. The van der Waals surface area contributed by atoms with E-state index in [1.807, 2.05) is 25.1 Å². The number of aryl methyl sites for hydroxylation is 1. The van der Waals surface area contributed by atoms with E-state index in [1.54, 1.807) is 24.4 Å². The number of hydrogen-bond acceptors (Lipinski definition) is 3. The minimum atomic E-state index is -0.212. The molecule has 0 aliphatic carbocycles. The molecule has 5 heteroatoms. The number of aromatic nitrogens is 1. The zero-order chi connectivity index (χ0) is 14.5. The number of nitrogens with zero attached hydrogens (tertiary/aromatic N) is 1. The van der Waals surface area contributed by atoms with E-state index in [-0.39, 0.29) is 5.91 Å². The Morgan fingerprint density at radius 2 is 2.20 bits per heavy atom. The summed E-state index contributed by atoms with van der Waals surface area (Å²) in [6, 6.07) is 9.17. The van der Waals surface area contributed by atoms with Gasteiger partial charge >= 0.3 is 0 Å². The highest BCUT2D eigenvalue weighted by molar-refractivity contribution is 9.10. The van der Waals surface area contributed by atoms with Crippen molar-refractivity contribution in [2.75, 3.05) is 11.1 Å². The predicted molar refractivity (Wildman–Crippen MR) is 85.2 cm³/mol. The van der Waals surface area contributed by atoms with E-state index < -0.39 is 0 Å². The Balaban J connectivity index is 2.03. The van der Waals surface area contributed by atoms with Crippen molar-refractivity contribution < 1.29 is 4.79 Å². The second-order valence-corrected chi connectivity index (χ2v) is 5.08. The van der Waals surface area contributed by atoms with Crippen molar-refractivity contribution in [2.45, 2.75) is 6.92 Å². The van der Waals surface area contributed by atoms with Crippen molar-refractivity contribution in [1.82, 2.24) is 4.98 Å². The fraction of sp³-hybridized carbons (Fsp3) is 0.0667. The predicted octanol–water partition coefficient (Wildman–Crippen LogP) is 3.39. The molecule has 0 fully saturated rings. The topological polar surface area (TPSA) is 68.0 Å². The number of nitrogen functional groups attached to an aromatic ring is 1.